The molecule has 140 valence electrons. The zero-order chi connectivity index (χ0) is 19.9. The number of nitrogens with zero attached hydrogens (tertiary/aromatic N) is 1. The lowest BCUT2D eigenvalue weighted by molar-refractivity contribution is 1.11. The summed E-state index contributed by atoms with van der Waals surface area (Å²) in [5.74, 6) is 0. The van der Waals surface area contributed by atoms with E-state index in [1.807, 2.05) is 60.6 Å². The van der Waals surface area contributed by atoms with Crippen molar-refractivity contribution in [1.82, 2.24) is 4.57 Å². The maximum atomic E-state index is 4.00. The fourth-order valence-corrected chi connectivity index (χ4v) is 2.68. The minimum absolute atomic E-state index is 1.13. The molecule has 2 aromatic carbocycles. The normalized spacial score (nSPS) is 9.35. The van der Waals surface area contributed by atoms with E-state index in [1.54, 1.807) is 0 Å². The van der Waals surface area contributed by atoms with Crippen LogP contribution in [0.5, 0.6) is 0 Å². The van der Waals surface area contributed by atoms with E-state index in [0.29, 0.717) is 0 Å². The summed E-state index contributed by atoms with van der Waals surface area (Å²) in [6, 6.07) is 18.9. The van der Waals surface area contributed by atoms with E-state index in [2.05, 4.69) is 71.8 Å². The van der Waals surface area contributed by atoms with Crippen LogP contribution in [0.2, 0.25) is 0 Å². The molecule has 1 aromatic heterocycles. The van der Waals surface area contributed by atoms with Crippen LogP contribution >= 0.6 is 0 Å². The van der Waals surface area contributed by atoms with E-state index >= 15 is 0 Å². The fourth-order valence-electron chi connectivity index (χ4n) is 2.68. The summed E-state index contributed by atoms with van der Waals surface area (Å²) in [5, 5.41) is 1.25. The lowest BCUT2D eigenvalue weighted by Crippen LogP contribution is -1.96. The van der Waals surface area contributed by atoms with Gasteiger partial charge in [0, 0.05) is 16.6 Å². The molecule has 0 aliphatic carbocycles. The van der Waals surface area contributed by atoms with E-state index in [-0.39, 0.29) is 0 Å². The molecule has 0 fully saturated rings. The van der Waals surface area contributed by atoms with Crippen LogP contribution in [0.3, 0.4) is 0 Å². The van der Waals surface area contributed by atoms with E-state index < -0.39 is 0 Å². The highest BCUT2D eigenvalue weighted by molar-refractivity contribution is 5.95. The van der Waals surface area contributed by atoms with E-state index in [4.69, 9.17) is 0 Å². The zero-order valence-corrected chi connectivity index (χ0v) is 17.6. The van der Waals surface area contributed by atoms with Gasteiger partial charge < -0.3 is 4.57 Å². The van der Waals surface area contributed by atoms with Gasteiger partial charge in [-0.3, -0.25) is 0 Å². The quantitative estimate of drug-likeness (QED) is 0.447. The topological polar surface area (TPSA) is 4.93 Å². The van der Waals surface area contributed by atoms with Gasteiger partial charge in [-0.05, 0) is 31.2 Å². The van der Waals surface area contributed by atoms with Crippen molar-refractivity contribution in [3.63, 3.8) is 0 Å². The smallest absolute Gasteiger partial charge is 0.0541 e. The average molecular weight is 350 g/mol. The first-order valence-corrected chi connectivity index (χ1v) is 9.81. The summed E-state index contributed by atoms with van der Waals surface area (Å²) < 4.78 is 2.26. The molecule has 26 heavy (non-hydrogen) atoms. The maximum Gasteiger partial charge on any atom is 0.0541 e. The minimum Gasteiger partial charge on any atom is -0.309 e. The molecule has 0 unspecified atom stereocenters. The third-order valence-corrected chi connectivity index (χ3v) is 3.49. The number of aromatic nitrogens is 1. The molecule has 1 heterocycles. The van der Waals surface area contributed by atoms with Gasteiger partial charge in [0.1, 0.15) is 0 Å². The summed E-state index contributed by atoms with van der Waals surface area (Å²) >= 11 is 0. The molecule has 1 nitrogen and oxygen atoms in total. The third-order valence-electron chi connectivity index (χ3n) is 3.49. The first-order valence-electron chi connectivity index (χ1n) is 9.81. The zero-order valence-electron chi connectivity index (χ0n) is 17.6. The van der Waals surface area contributed by atoms with Crippen LogP contribution in [0.4, 0.5) is 0 Å². The van der Waals surface area contributed by atoms with E-state index in [9.17, 15) is 0 Å². The highest BCUT2D eigenvalue weighted by atomic mass is 15.0. The van der Waals surface area contributed by atoms with Crippen LogP contribution in [-0.4, -0.2) is 4.57 Å². The van der Waals surface area contributed by atoms with Crippen LogP contribution in [0, 0.1) is 0 Å². The molecule has 3 aromatic rings. The lowest BCUT2D eigenvalue weighted by atomic mass is 10.1. The molecule has 0 aliphatic rings. The highest BCUT2D eigenvalue weighted by Gasteiger charge is 2.13. The standard InChI is InChI=1S/C19H17N.3C2H6/c1-3-10-16-17-13-8-9-14-19(17)20(18(16)4-2)15-11-6-5-7-12-15;3*1-2/h3-14H,2H2,1H3;3*1-2H3/b10-3-;;;. The first kappa shape index (κ1) is 23.5. The van der Waals surface area contributed by atoms with Gasteiger partial charge in [-0.25, -0.2) is 0 Å². The largest absolute Gasteiger partial charge is 0.309 e. The molecule has 0 saturated carbocycles. The van der Waals surface area contributed by atoms with Crippen molar-refractivity contribution in [3.8, 4) is 5.69 Å². The van der Waals surface area contributed by atoms with Gasteiger partial charge in [0.2, 0.25) is 0 Å². The summed E-state index contributed by atoms with van der Waals surface area (Å²) in [5.41, 5.74) is 4.73. The van der Waals surface area contributed by atoms with Gasteiger partial charge in [-0.1, -0.05) is 96.7 Å². The lowest BCUT2D eigenvalue weighted by Gasteiger charge is -2.08. The number of hydrogen-bond donors (Lipinski definition) is 0. The first-order chi connectivity index (χ1) is 12.9. The molecule has 0 N–H and O–H groups in total. The summed E-state index contributed by atoms with van der Waals surface area (Å²) in [4.78, 5) is 0. The Balaban J connectivity index is 0.000000948. The Morgan fingerprint density at radius 3 is 1.85 bits per heavy atom. The molecular formula is C25H35N. The molecule has 0 atom stereocenters. The Bertz CT molecular complexity index is 777. The number of hydrogen-bond acceptors (Lipinski definition) is 0. The van der Waals surface area contributed by atoms with Crippen LogP contribution < -0.4 is 0 Å². The van der Waals surface area contributed by atoms with Crippen molar-refractivity contribution in [3.05, 3.63) is 78.5 Å². The molecule has 0 radical (unpaired) electrons. The molecule has 0 spiro atoms. The molecule has 0 amide bonds. The van der Waals surface area contributed by atoms with Gasteiger partial charge >= 0.3 is 0 Å². The Morgan fingerprint density at radius 2 is 1.31 bits per heavy atom. The molecule has 0 aliphatic heterocycles. The minimum atomic E-state index is 1.13. The van der Waals surface area contributed by atoms with Gasteiger partial charge in [-0.2, -0.15) is 0 Å². The fraction of sp³-hybridized carbons (Fsp3) is 0.280. The predicted octanol–water partition coefficient (Wildman–Crippen LogP) is 8.39. The van der Waals surface area contributed by atoms with Gasteiger partial charge in [0.25, 0.3) is 0 Å². The maximum absolute atomic E-state index is 4.00. The molecule has 1 heteroatoms. The highest BCUT2D eigenvalue weighted by Crippen LogP contribution is 2.31. The van der Waals surface area contributed by atoms with Gasteiger partial charge in [0.15, 0.2) is 0 Å². The second-order valence-electron chi connectivity index (χ2n) is 4.69. The number of para-hydroxylation sites is 2. The second-order valence-corrected chi connectivity index (χ2v) is 4.69. The molecule has 0 bridgehead atoms. The third kappa shape index (κ3) is 5.23. The summed E-state index contributed by atoms with van der Waals surface area (Å²) in [6.07, 6.45) is 6.16. The Hall–Kier alpha value is -2.54. The van der Waals surface area contributed by atoms with Crippen LogP contribution in [0.1, 0.15) is 59.7 Å². The summed E-state index contributed by atoms with van der Waals surface area (Å²) in [6.45, 7) is 18.0. The monoisotopic (exact) mass is 349 g/mol. The van der Waals surface area contributed by atoms with Gasteiger partial charge in [-0.15, -0.1) is 0 Å². The number of fused-ring (bicyclic) bond motifs is 1. The number of rotatable bonds is 3. The average Bonchev–Trinajstić information content (AvgIpc) is 3.07. The van der Waals surface area contributed by atoms with Crippen LogP contribution in [-0.2, 0) is 0 Å². The molecule has 0 saturated heterocycles. The van der Waals surface area contributed by atoms with Crippen LogP contribution in [0.15, 0.2) is 67.3 Å². The Kier molecular flexibility index (Phi) is 12.4. The molecule has 3 rings (SSSR count). The van der Waals surface area contributed by atoms with Crippen molar-refractivity contribution in [2.75, 3.05) is 0 Å². The SMILES string of the molecule is C=Cc1c(/C=C\C)c2ccccc2n1-c1ccccc1.CC.CC.CC. The van der Waals surface area contributed by atoms with Crippen molar-refractivity contribution >= 4 is 23.1 Å². The van der Waals surface area contributed by atoms with Gasteiger partial charge in [0.05, 0.1) is 11.2 Å². The second kappa shape index (κ2) is 13.7. The Labute approximate surface area is 160 Å². The van der Waals surface area contributed by atoms with Crippen molar-refractivity contribution in [2.45, 2.75) is 48.5 Å². The number of benzene rings is 2. The van der Waals surface area contributed by atoms with E-state index in [0.717, 1.165) is 11.4 Å². The van der Waals surface area contributed by atoms with E-state index in [1.165, 1.54) is 16.5 Å². The van der Waals surface area contributed by atoms with Crippen molar-refractivity contribution in [2.24, 2.45) is 0 Å². The molecular weight excluding hydrogens is 314 g/mol. The van der Waals surface area contributed by atoms with Crippen molar-refractivity contribution in [1.29, 1.82) is 0 Å². The Morgan fingerprint density at radius 1 is 0.769 bits per heavy atom. The number of allylic oxidation sites excluding steroid dienone is 1. The predicted molar refractivity (Wildman–Crippen MR) is 122 cm³/mol. The van der Waals surface area contributed by atoms with Crippen LogP contribution in [0.25, 0.3) is 28.7 Å². The summed E-state index contributed by atoms with van der Waals surface area (Å²) in [7, 11) is 0. The van der Waals surface area contributed by atoms with Crippen molar-refractivity contribution < 1.29 is 0 Å².